The molecular formula is C9H15N3O3. The van der Waals surface area contributed by atoms with E-state index in [1.807, 2.05) is 11.0 Å². The summed E-state index contributed by atoms with van der Waals surface area (Å²) in [4.78, 5) is 13.1. The van der Waals surface area contributed by atoms with Crippen LogP contribution in [0.15, 0.2) is 0 Å². The van der Waals surface area contributed by atoms with E-state index < -0.39 is 6.10 Å². The van der Waals surface area contributed by atoms with Gasteiger partial charge in [-0.3, -0.25) is 9.69 Å². The van der Waals surface area contributed by atoms with E-state index in [2.05, 4.69) is 5.32 Å². The van der Waals surface area contributed by atoms with Gasteiger partial charge in [0.05, 0.1) is 25.8 Å². The highest BCUT2D eigenvalue weighted by atomic mass is 16.5. The lowest BCUT2D eigenvalue weighted by atomic mass is 10.3. The number of nitrogens with zero attached hydrogens (tertiary/aromatic N) is 2. The predicted molar refractivity (Wildman–Crippen MR) is 51.9 cm³/mol. The van der Waals surface area contributed by atoms with E-state index in [1.165, 1.54) is 0 Å². The molecule has 15 heavy (non-hydrogen) atoms. The van der Waals surface area contributed by atoms with Crippen LogP contribution < -0.4 is 5.32 Å². The molecule has 1 unspecified atom stereocenters. The fourth-order valence-electron chi connectivity index (χ4n) is 1.38. The van der Waals surface area contributed by atoms with Crippen molar-refractivity contribution in [1.29, 1.82) is 5.26 Å². The van der Waals surface area contributed by atoms with E-state index >= 15 is 0 Å². The minimum Gasteiger partial charge on any atom is -0.395 e. The van der Waals surface area contributed by atoms with Crippen molar-refractivity contribution in [2.24, 2.45) is 0 Å². The Bertz CT molecular complexity index is 251. The van der Waals surface area contributed by atoms with Gasteiger partial charge in [0.25, 0.3) is 0 Å². The Balaban J connectivity index is 2.26. The highest BCUT2D eigenvalue weighted by Gasteiger charge is 2.21. The van der Waals surface area contributed by atoms with Crippen molar-refractivity contribution in [3.63, 3.8) is 0 Å². The quantitative estimate of drug-likeness (QED) is 0.582. The lowest BCUT2D eigenvalue weighted by Crippen LogP contribution is -2.46. The zero-order chi connectivity index (χ0) is 11.1. The van der Waals surface area contributed by atoms with E-state index in [9.17, 15) is 4.79 Å². The molecule has 2 N–H and O–H groups in total. The third kappa shape index (κ3) is 4.25. The maximum Gasteiger partial charge on any atom is 0.234 e. The number of ether oxygens (including phenoxy) is 1. The number of carbonyl (C=O) groups is 1. The minimum atomic E-state index is -0.440. The summed E-state index contributed by atoms with van der Waals surface area (Å²) in [6.07, 6.45) is -0.440. The van der Waals surface area contributed by atoms with Crippen LogP contribution in [0.4, 0.5) is 0 Å². The van der Waals surface area contributed by atoms with Crippen molar-refractivity contribution < 1.29 is 14.6 Å². The maximum atomic E-state index is 11.3. The Labute approximate surface area is 88.4 Å². The molecule has 1 atom stereocenters. The molecule has 0 spiro atoms. The number of aliphatic hydroxyl groups excluding tert-OH is 1. The molecule has 0 radical (unpaired) electrons. The van der Waals surface area contributed by atoms with Crippen LogP contribution in [-0.4, -0.2) is 61.4 Å². The van der Waals surface area contributed by atoms with Gasteiger partial charge in [-0.25, -0.2) is 0 Å². The Morgan fingerprint density at radius 2 is 2.53 bits per heavy atom. The van der Waals surface area contributed by atoms with Crippen molar-refractivity contribution in [1.82, 2.24) is 10.2 Å². The summed E-state index contributed by atoms with van der Waals surface area (Å²) < 4.78 is 5.15. The number of carbonyl (C=O) groups excluding carboxylic acids is 1. The largest absolute Gasteiger partial charge is 0.395 e. The highest BCUT2D eigenvalue weighted by molar-refractivity contribution is 5.77. The standard InChI is InChI=1S/C9H15N3O3/c10-5-8-6-12(2-4-15-8)7-9(14)11-1-3-13/h8,13H,1-4,6-7H2,(H,11,14). The lowest BCUT2D eigenvalue weighted by Gasteiger charge is -2.28. The first-order chi connectivity index (χ1) is 7.26. The van der Waals surface area contributed by atoms with Crippen LogP contribution in [0.3, 0.4) is 0 Å². The number of hydrogen-bond donors (Lipinski definition) is 2. The molecule has 1 fully saturated rings. The fourth-order valence-corrected chi connectivity index (χ4v) is 1.38. The van der Waals surface area contributed by atoms with Gasteiger partial charge >= 0.3 is 0 Å². The normalized spacial score (nSPS) is 22.0. The summed E-state index contributed by atoms with van der Waals surface area (Å²) >= 11 is 0. The van der Waals surface area contributed by atoms with Crippen molar-refractivity contribution in [3.8, 4) is 6.07 Å². The second kappa shape index (κ2) is 6.35. The first-order valence-corrected chi connectivity index (χ1v) is 4.87. The van der Waals surface area contributed by atoms with Crippen molar-refractivity contribution >= 4 is 5.91 Å². The molecule has 6 nitrogen and oxygen atoms in total. The molecule has 1 aliphatic heterocycles. The Hall–Kier alpha value is -1.16. The summed E-state index contributed by atoms with van der Waals surface area (Å²) in [5.74, 6) is -0.136. The summed E-state index contributed by atoms with van der Waals surface area (Å²) in [6, 6.07) is 2.01. The maximum absolute atomic E-state index is 11.3. The van der Waals surface area contributed by atoms with Gasteiger partial charge in [0, 0.05) is 19.6 Å². The first kappa shape index (κ1) is 11.9. The van der Waals surface area contributed by atoms with E-state index in [0.29, 0.717) is 19.7 Å². The number of aliphatic hydroxyl groups is 1. The number of hydrogen-bond acceptors (Lipinski definition) is 5. The SMILES string of the molecule is N#CC1CN(CC(=O)NCCO)CCO1. The second-order valence-electron chi connectivity index (χ2n) is 3.30. The van der Waals surface area contributed by atoms with Crippen LogP contribution >= 0.6 is 0 Å². The van der Waals surface area contributed by atoms with Gasteiger partial charge in [0.15, 0.2) is 6.10 Å². The Kier molecular flexibility index (Phi) is 5.04. The molecule has 1 saturated heterocycles. The average molecular weight is 213 g/mol. The molecule has 84 valence electrons. The molecular weight excluding hydrogens is 198 g/mol. The van der Waals surface area contributed by atoms with Crippen LogP contribution in [0.25, 0.3) is 0 Å². The number of amides is 1. The Morgan fingerprint density at radius 1 is 1.73 bits per heavy atom. The lowest BCUT2D eigenvalue weighted by molar-refractivity contribution is -0.123. The number of nitrogens with one attached hydrogen (secondary N) is 1. The topological polar surface area (TPSA) is 85.6 Å². The molecule has 6 heteroatoms. The van der Waals surface area contributed by atoms with Crippen molar-refractivity contribution in [2.75, 3.05) is 39.4 Å². The van der Waals surface area contributed by atoms with Crippen LogP contribution in [0.1, 0.15) is 0 Å². The van der Waals surface area contributed by atoms with E-state index in [1.54, 1.807) is 0 Å². The molecule has 0 saturated carbocycles. The van der Waals surface area contributed by atoms with Gasteiger partial charge in [-0.2, -0.15) is 5.26 Å². The molecule has 0 aliphatic carbocycles. The highest BCUT2D eigenvalue weighted by Crippen LogP contribution is 2.03. The van der Waals surface area contributed by atoms with Gasteiger partial charge in [0.2, 0.25) is 5.91 Å². The monoisotopic (exact) mass is 213 g/mol. The molecule has 0 aromatic heterocycles. The first-order valence-electron chi connectivity index (χ1n) is 4.87. The summed E-state index contributed by atoms with van der Waals surface area (Å²) in [5.41, 5.74) is 0. The minimum absolute atomic E-state index is 0.0598. The number of rotatable bonds is 4. The summed E-state index contributed by atoms with van der Waals surface area (Å²) in [7, 11) is 0. The van der Waals surface area contributed by atoms with Gasteiger partial charge in [-0.15, -0.1) is 0 Å². The fraction of sp³-hybridized carbons (Fsp3) is 0.778. The van der Waals surface area contributed by atoms with Gasteiger partial charge in [-0.1, -0.05) is 0 Å². The van der Waals surface area contributed by atoms with E-state index in [0.717, 1.165) is 0 Å². The zero-order valence-corrected chi connectivity index (χ0v) is 8.48. The van der Waals surface area contributed by atoms with Crippen molar-refractivity contribution in [3.05, 3.63) is 0 Å². The number of nitriles is 1. The van der Waals surface area contributed by atoms with Gasteiger partial charge < -0.3 is 15.2 Å². The van der Waals surface area contributed by atoms with Crippen LogP contribution in [0, 0.1) is 11.3 Å². The van der Waals surface area contributed by atoms with Crippen LogP contribution in [0.2, 0.25) is 0 Å². The molecule has 0 bridgehead atoms. The van der Waals surface area contributed by atoms with E-state index in [-0.39, 0.29) is 25.6 Å². The second-order valence-corrected chi connectivity index (χ2v) is 3.30. The molecule has 0 aromatic carbocycles. The summed E-state index contributed by atoms with van der Waals surface area (Å²) in [6.45, 7) is 2.06. The third-order valence-corrected chi connectivity index (χ3v) is 2.10. The van der Waals surface area contributed by atoms with Crippen LogP contribution in [0.5, 0.6) is 0 Å². The van der Waals surface area contributed by atoms with Gasteiger partial charge in [0.1, 0.15) is 0 Å². The molecule has 0 aromatic rings. The number of morpholine rings is 1. The molecule has 1 aliphatic rings. The molecule has 1 rings (SSSR count). The molecule has 1 heterocycles. The smallest absolute Gasteiger partial charge is 0.234 e. The zero-order valence-electron chi connectivity index (χ0n) is 8.48. The third-order valence-electron chi connectivity index (χ3n) is 2.10. The molecule has 1 amide bonds. The van der Waals surface area contributed by atoms with Gasteiger partial charge in [-0.05, 0) is 0 Å². The van der Waals surface area contributed by atoms with Crippen molar-refractivity contribution in [2.45, 2.75) is 6.10 Å². The summed E-state index contributed by atoms with van der Waals surface area (Å²) in [5, 5.41) is 19.7. The predicted octanol–water partition coefficient (Wildman–Crippen LogP) is -1.68. The average Bonchev–Trinajstić information content (AvgIpc) is 2.26. The van der Waals surface area contributed by atoms with Crippen LogP contribution in [-0.2, 0) is 9.53 Å². The van der Waals surface area contributed by atoms with E-state index in [4.69, 9.17) is 15.1 Å². The Morgan fingerprint density at radius 3 is 3.20 bits per heavy atom.